The van der Waals surface area contributed by atoms with Gasteiger partial charge in [-0.2, -0.15) is 4.31 Å². The summed E-state index contributed by atoms with van der Waals surface area (Å²) >= 11 is 11.9. The standard InChI is InChI=1S/C12H16Cl2N2O2S.ClH/c1-16(10(7-15)8-5-6-8)19(17,18)11-4-2-3-9(13)12(11)14;/h2-4,8,10H,5-7,15H2,1H3;1H. The highest BCUT2D eigenvalue weighted by Crippen LogP contribution is 2.37. The largest absolute Gasteiger partial charge is 0.329 e. The molecule has 0 radical (unpaired) electrons. The van der Waals surface area contributed by atoms with E-state index in [4.69, 9.17) is 28.9 Å². The van der Waals surface area contributed by atoms with E-state index in [1.165, 1.54) is 10.4 Å². The molecule has 2 rings (SSSR count). The van der Waals surface area contributed by atoms with E-state index in [1.54, 1.807) is 19.2 Å². The van der Waals surface area contributed by atoms with Gasteiger partial charge in [0, 0.05) is 19.6 Å². The van der Waals surface area contributed by atoms with Crippen molar-refractivity contribution in [1.29, 1.82) is 0 Å². The molecule has 2 N–H and O–H groups in total. The minimum absolute atomic E-state index is 0. The van der Waals surface area contributed by atoms with Crippen LogP contribution in [0.4, 0.5) is 0 Å². The lowest BCUT2D eigenvalue weighted by atomic mass is 10.2. The topological polar surface area (TPSA) is 63.4 Å². The number of hydrogen-bond donors (Lipinski definition) is 1. The Hall–Kier alpha value is -0.0400. The number of nitrogens with zero attached hydrogens (tertiary/aromatic N) is 1. The summed E-state index contributed by atoms with van der Waals surface area (Å²) in [6.45, 7) is 0.304. The van der Waals surface area contributed by atoms with Crippen molar-refractivity contribution in [3.05, 3.63) is 28.2 Å². The second kappa shape index (κ2) is 6.81. The van der Waals surface area contributed by atoms with Gasteiger partial charge in [-0.3, -0.25) is 0 Å². The molecule has 1 aliphatic carbocycles. The van der Waals surface area contributed by atoms with Crippen LogP contribution in [-0.4, -0.2) is 32.4 Å². The number of likely N-dealkylation sites (N-methyl/N-ethyl adjacent to an activating group) is 1. The molecule has 8 heteroatoms. The minimum Gasteiger partial charge on any atom is -0.329 e. The molecule has 4 nitrogen and oxygen atoms in total. The maximum absolute atomic E-state index is 12.6. The number of halogens is 3. The number of rotatable bonds is 5. The van der Waals surface area contributed by atoms with E-state index in [1.807, 2.05) is 0 Å². The van der Waals surface area contributed by atoms with Gasteiger partial charge in [0.2, 0.25) is 10.0 Å². The van der Waals surface area contributed by atoms with Crippen molar-refractivity contribution in [1.82, 2.24) is 4.31 Å². The highest BCUT2D eigenvalue weighted by molar-refractivity contribution is 7.89. The van der Waals surface area contributed by atoms with Crippen LogP contribution in [0, 0.1) is 5.92 Å². The molecule has 0 bridgehead atoms. The first-order chi connectivity index (χ1) is 8.89. The first-order valence-electron chi connectivity index (χ1n) is 6.01. The summed E-state index contributed by atoms with van der Waals surface area (Å²) in [6.07, 6.45) is 2.04. The molecule has 0 spiro atoms. The van der Waals surface area contributed by atoms with Gasteiger partial charge in [0.1, 0.15) is 4.90 Å². The van der Waals surface area contributed by atoms with E-state index in [2.05, 4.69) is 0 Å². The van der Waals surface area contributed by atoms with Crippen LogP contribution in [-0.2, 0) is 10.0 Å². The average molecular weight is 360 g/mol. The third kappa shape index (κ3) is 3.40. The molecule has 0 saturated heterocycles. The molecule has 114 valence electrons. The Morgan fingerprint density at radius 3 is 2.50 bits per heavy atom. The van der Waals surface area contributed by atoms with Gasteiger partial charge in [-0.05, 0) is 30.9 Å². The zero-order valence-corrected chi connectivity index (χ0v) is 14.1. The van der Waals surface area contributed by atoms with Crippen molar-refractivity contribution in [2.24, 2.45) is 11.7 Å². The van der Waals surface area contributed by atoms with Crippen molar-refractivity contribution in [3.8, 4) is 0 Å². The second-order valence-electron chi connectivity index (χ2n) is 4.71. The Bertz CT molecular complexity index is 576. The number of hydrogen-bond acceptors (Lipinski definition) is 3. The fraction of sp³-hybridized carbons (Fsp3) is 0.500. The first-order valence-corrected chi connectivity index (χ1v) is 8.21. The van der Waals surface area contributed by atoms with Crippen LogP contribution in [0.25, 0.3) is 0 Å². The molecule has 1 saturated carbocycles. The van der Waals surface area contributed by atoms with Gasteiger partial charge in [0.05, 0.1) is 10.0 Å². The van der Waals surface area contributed by atoms with E-state index in [9.17, 15) is 8.42 Å². The van der Waals surface area contributed by atoms with Crippen molar-refractivity contribution in [2.45, 2.75) is 23.8 Å². The summed E-state index contributed by atoms with van der Waals surface area (Å²) in [5, 5.41) is 0.287. The van der Waals surface area contributed by atoms with Crippen LogP contribution < -0.4 is 5.73 Å². The molecule has 20 heavy (non-hydrogen) atoms. The number of nitrogens with two attached hydrogens (primary N) is 1. The van der Waals surface area contributed by atoms with Gasteiger partial charge in [0.25, 0.3) is 0 Å². The van der Waals surface area contributed by atoms with Gasteiger partial charge in [-0.1, -0.05) is 29.3 Å². The molecular formula is C12H17Cl3N2O2S. The lowest BCUT2D eigenvalue weighted by Crippen LogP contribution is -2.43. The highest BCUT2D eigenvalue weighted by Gasteiger charge is 2.38. The second-order valence-corrected chi connectivity index (χ2v) is 7.46. The third-order valence-electron chi connectivity index (χ3n) is 3.45. The minimum atomic E-state index is -3.67. The van der Waals surface area contributed by atoms with Gasteiger partial charge in [0.15, 0.2) is 0 Å². The Labute approximate surface area is 135 Å². The Morgan fingerprint density at radius 2 is 2.00 bits per heavy atom. The van der Waals surface area contributed by atoms with Gasteiger partial charge in [-0.25, -0.2) is 8.42 Å². The Morgan fingerprint density at radius 1 is 1.40 bits per heavy atom. The van der Waals surface area contributed by atoms with E-state index in [0.717, 1.165) is 12.8 Å². The van der Waals surface area contributed by atoms with Crippen LogP contribution >= 0.6 is 35.6 Å². The van der Waals surface area contributed by atoms with Crippen molar-refractivity contribution < 1.29 is 8.42 Å². The van der Waals surface area contributed by atoms with Gasteiger partial charge in [-0.15, -0.1) is 12.4 Å². The maximum atomic E-state index is 12.6. The number of benzene rings is 1. The SMILES string of the molecule is CN(C(CN)C1CC1)S(=O)(=O)c1cccc(Cl)c1Cl.Cl. The molecular weight excluding hydrogens is 343 g/mol. The van der Waals surface area contributed by atoms with E-state index < -0.39 is 10.0 Å². The number of sulfonamides is 1. The fourth-order valence-corrected chi connectivity index (χ4v) is 4.30. The summed E-state index contributed by atoms with van der Waals surface area (Å²) in [7, 11) is -2.13. The Balaban J connectivity index is 0.00000200. The van der Waals surface area contributed by atoms with Crippen molar-refractivity contribution in [2.75, 3.05) is 13.6 Å². The molecule has 0 aromatic heterocycles. The molecule has 1 aliphatic rings. The summed E-state index contributed by atoms with van der Waals surface area (Å²) in [6, 6.07) is 4.41. The monoisotopic (exact) mass is 358 g/mol. The van der Waals surface area contributed by atoms with Crippen molar-refractivity contribution in [3.63, 3.8) is 0 Å². The van der Waals surface area contributed by atoms with E-state index in [-0.39, 0.29) is 33.4 Å². The maximum Gasteiger partial charge on any atom is 0.244 e. The quantitative estimate of drug-likeness (QED) is 0.879. The van der Waals surface area contributed by atoms with Crippen LogP contribution in [0.3, 0.4) is 0 Å². The molecule has 0 aliphatic heterocycles. The van der Waals surface area contributed by atoms with Gasteiger partial charge < -0.3 is 5.73 Å². The third-order valence-corrected chi connectivity index (χ3v) is 6.30. The smallest absolute Gasteiger partial charge is 0.244 e. The lowest BCUT2D eigenvalue weighted by molar-refractivity contribution is 0.340. The van der Waals surface area contributed by atoms with E-state index in [0.29, 0.717) is 12.5 Å². The fourth-order valence-electron chi connectivity index (χ4n) is 2.14. The van der Waals surface area contributed by atoms with E-state index >= 15 is 0 Å². The van der Waals surface area contributed by atoms with Crippen LogP contribution in [0.15, 0.2) is 23.1 Å². The summed E-state index contributed by atoms with van der Waals surface area (Å²) in [4.78, 5) is 0.0308. The van der Waals surface area contributed by atoms with Crippen LogP contribution in [0.2, 0.25) is 10.0 Å². The summed E-state index contributed by atoms with van der Waals surface area (Å²) < 4.78 is 26.5. The predicted octanol–water partition coefficient (Wildman–Crippen LogP) is 2.77. The Kier molecular flexibility index (Phi) is 6.14. The molecule has 1 aromatic carbocycles. The molecule has 1 aromatic rings. The average Bonchev–Trinajstić information content (AvgIpc) is 3.17. The predicted molar refractivity (Wildman–Crippen MR) is 84.2 cm³/mol. The molecule has 0 heterocycles. The molecule has 1 atom stereocenters. The van der Waals surface area contributed by atoms with Crippen LogP contribution in [0.1, 0.15) is 12.8 Å². The van der Waals surface area contributed by atoms with Crippen LogP contribution in [0.5, 0.6) is 0 Å². The normalized spacial score (nSPS) is 16.9. The molecule has 0 amide bonds. The lowest BCUT2D eigenvalue weighted by Gasteiger charge is -2.26. The molecule has 1 unspecified atom stereocenters. The highest BCUT2D eigenvalue weighted by atomic mass is 35.5. The van der Waals surface area contributed by atoms with Crippen molar-refractivity contribution >= 4 is 45.6 Å². The summed E-state index contributed by atoms with van der Waals surface area (Å²) in [5.41, 5.74) is 5.69. The first kappa shape index (κ1) is 18.0. The molecule has 1 fully saturated rings. The van der Waals surface area contributed by atoms with Gasteiger partial charge >= 0.3 is 0 Å². The zero-order chi connectivity index (χ0) is 14.2. The summed E-state index contributed by atoms with van der Waals surface area (Å²) in [5.74, 6) is 0.350. The zero-order valence-electron chi connectivity index (χ0n) is 10.9.